The molecule has 1 amide bonds. The van der Waals surface area contributed by atoms with Crippen LogP contribution in [-0.2, 0) is 0 Å². The van der Waals surface area contributed by atoms with Crippen molar-refractivity contribution in [2.24, 2.45) is 11.8 Å². The Kier molecular flexibility index (Phi) is 4.69. The molecule has 2 rings (SSSR count). The number of benzene rings is 1. The third-order valence-corrected chi connectivity index (χ3v) is 4.11. The maximum absolute atomic E-state index is 12.4. The van der Waals surface area contributed by atoms with Gasteiger partial charge in [0.2, 0.25) is 0 Å². The van der Waals surface area contributed by atoms with Crippen LogP contribution in [0.1, 0.15) is 29.8 Å². The summed E-state index contributed by atoms with van der Waals surface area (Å²) in [5.41, 5.74) is 1.21. The van der Waals surface area contributed by atoms with Gasteiger partial charge in [-0.05, 0) is 30.0 Å². The predicted octanol–water partition coefficient (Wildman–Crippen LogP) is 2.41. The molecular formula is C16H18ClNO2. The van der Waals surface area contributed by atoms with E-state index in [0.29, 0.717) is 28.0 Å². The van der Waals surface area contributed by atoms with E-state index in [1.54, 1.807) is 18.2 Å². The van der Waals surface area contributed by atoms with Crippen molar-refractivity contribution < 1.29 is 9.90 Å². The highest BCUT2D eigenvalue weighted by atomic mass is 35.5. The van der Waals surface area contributed by atoms with E-state index in [-0.39, 0.29) is 12.5 Å². The van der Waals surface area contributed by atoms with Gasteiger partial charge in [-0.1, -0.05) is 37.3 Å². The number of aliphatic hydroxyl groups is 1. The van der Waals surface area contributed by atoms with Crippen LogP contribution in [0.5, 0.6) is 0 Å². The van der Waals surface area contributed by atoms with Crippen molar-refractivity contribution in [3.05, 3.63) is 34.3 Å². The number of carbonyl (C=O) groups is 1. The zero-order valence-corrected chi connectivity index (χ0v) is 12.4. The molecular weight excluding hydrogens is 274 g/mol. The SMILES string of the molecule is CC1CN(C(=O)c2ccc(C#CCO)c(Cl)c2)CC1C. The molecule has 1 fully saturated rings. The van der Waals surface area contributed by atoms with E-state index in [1.807, 2.05) is 4.90 Å². The molecule has 0 aliphatic carbocycles. The Hall–Kier alpha value is -1.50. The summed E-state index contributed by atoms with van der Waals surface area (Å²) >= 11 is 6.12. The smallest absolute Gasteiger partial charge is 0.253 e. The summed E-state index contributed by atoms with van der Waals surface area (Å²) in [5, 5.41) is 9.12. The Balaban J connectivity index is 2.17. The predicted molar refractivity (Wildman–Crippen MR) is 79.6 cm³/mol. The third kappa shape index (κ3) is 3.15. The van der Waals surface area contributed by atoms with Gasteiger partial charge >= 0.3 is 0 Å². The first-order chi connectivity index (χ1) is 9.52. The molecule has 4 heteroatoms. The van der Waals surface area contributed by atoms with Crippen LogP contribution in [0.3, 0.4) is 0 Å². The van der Waals surface area contributed by atoms with Crippen molar-refractivity contribution in [1.29, 1.82) is 0 Å². The molecule has 0 saturated carbocycles. The lowest BCUT2D eigenvalue weighted by Gasteiger charge is -2.16. The molecule has 1 aliphatic heterocycles. The molecule has 0 spiro atoms. The van der Waals surface area contributed by atoms with Crippen molar-refractivity contribution in [2.75, 3.05) is 19.7 Å². The monoisotopic (exact) mass is 291 g/mol. The lowest BCUT2D eigenvalue weighted by molar-refractivity contribution is 0.0785. The van der Waals surface area contributed by atoms with E-state index in [9.17, 15) is 4.79 Å². The Bertz CT molecular complexity index is 564. The van der Waals surface area contributed by atoms with Crippen LogP contribution in [0.15, 0.2) is 18.2 Å². The minimum atomic E-state index is -0.208. The van der Waals surface area contributed by atoms with Gasteiger partial charge in [-0.3, -0.25) is 4.79 Å². The first-order valence-electron chi connectivity index (χ1n) is 6.71. The molecule has 1 aromatic rings. The lowest BCUT2D eigenvalue weighted by atomic mass is 10.0. The average molecular weight is 292 g/mol. The molecule has 3 nitrogen and oxygen atoms in total. The standard InChI is InChI=1S/C16H18ClNO2/c1-11-9-18(10-12(11)2)16(20)14-6-5-13(4-3-7-19)15(17)8-14/h5-6,8,11-12,19H,7,9-10H2,1-2H3. The molecule has 2 atom stereocenters. The van der Waals surface area contributed by atoms with E-state index < -0.39 is 0 Å². The van der Waals surface area contributed by atoms with Crippen LogP contribution >= 0.6 is 11.6 Å². The molecule has 1 saturated heterocycles. The fraction of sp³-hybridized carbons (Fsp3) is 0.438. The molecule has 1 aromatic carbocycles. The third-order valence-electron chi connectivity index (χ3n) is 3.79. The van der Waals surface area contributed by atoms with E-state index in [0.717, 1.165) is 13.1 Å². The van der Waals surface area contributed by atoms with E-state index in [2.05, 4.69) is 25.7 Å². The zero-order chi connectivity index (χ0) is 14.7. The number of nitrogens with zero attached hydrogens (tertiary/aromatic N) is 1. The molecule has 1 aliphatic rings. The number of carbonyl (C=O) groups excluding carboxylic acids is 1. The fourth-order valence-corrected chi connectivity index (χ4v) is 2.59. The highest BCUT2D eigenvalue weighted by Gasteiger charge is 2.29. The van der Waals surface area contributed by atoms with Crippen molar-refractivity contribution >= 4 is 17.5 Å². The van der Waals surface area contributed by atoms with Crippen LogP contribution < -0.4 is 0 Å². The summed E-state index contributed by atoms with van der Waals surface area (Å²) in [5.74, 6) is 6.38. The van der Waals surface area contributed by atoms with Crippen LogP contribution in [0.4, 0.5) is 0 Å². The second-order valence-corrected chi connectivity index (χ2v) is 5.73. The number of hydrogen-bond donors (Lipinski definition) is 1. The Morgan fingerprint density at radius 3 is 2.60 bits per heavy atom. The Morgan fingerprint density at radius 2 is 2.05 bits per heavy atom. The quantitative estimate of drug-likeness (QED) is 0.807. The van der Waals surface area contributed by atoms with Gasteiger partial charge in [-0.15, -0.1) is 0 Å². The van der Waals surface area contributed by atoms with Gasteiger partial charge < -0.3 is 10.0 Å². The van der Waals surface area contributed by atoms with Crippen molar-refractivity contribution in [3.8, 4) is 11.8 Å². The number of hydrogen-bond acceptors (Lipinski definition) is 2. The van der Waals surface area contributed by atoms with Crippen LogP contribution in [0.2, 0.25) is 5.02 Å². The Morgan fingerprint density at radius 1 is 1.40 bits per heavy atom. The van der Waals surface area contributed by atoms with E-state index in [4.69, 9.17) is 16.7 Å². The topological polar surface area (TPSA) is 40.5 Å². The molecule has 1 heterocycles. The van der Waals surface area contributed by atoms with Gasteiger partial charge in [0.1, 0.15) is 6.61 Å². The number of rotatable bonds is 1. The average Bonchev–Trinajstić information content (AvgIpc) is 2.76. The summed E-state index contributed by atoms with van der Waals surface area (Å²) in [6.45, 7) is 5.71. The van der Waals surface area contributed by atoms with Crippen molar-refractivity contribution in [1.82, 2.24) is 4.90 Å². The van der Waals surface area contributed by atoms with Gasteiger partial charge in [0.15, 0.2) is 0 Å². The van der Waals surface area contributed by atoms with Crippen LogP contribution in [0.25, 0.3) is 0 Å². The first kappa shape index (κ1) is 14.9. The molecule has 1 N–H and O–H groups in total. The molecule has 0 radical (unpaired) electrons. The molecule has 0 bridgehead atoms. The van der Waals surface area contributed by atoms with Crippen LogP contribution in [0, 0.1) is 23.7 Å². The van der Waals surface area contributed by atoms with Gasteiger partial charge in [-0.25, -0.2) is 0 Å². The van der Waals surface area contributed by atoms with Gasteiger partial charge in [0.05, 0.1) is 5.02 Å². The highest BCUT2D eigenvalue weighted by Crippen LogP contribution is 2.25. The maximum atomic E-state index is 12.4. The second kappa shape index (κ2) is 6.30. The minimum absolute atomic E-state index is 0.0183. The van der Waals surface area contributed by atoms with Gasteiger partial charge in [0.25, 0.3) is 5.91 Å². The number of halogens is 1. The van der Waals surface area contributed by atoms with E-state index in [1.165, 1.54) is 0 Å². The summed E-state index contributed by atoms with van der Waals surface area (Å²) in [6, 6.07) is 5.11. The summed E-state index contributed by atoms with van der Waals surface area (Å²) in [4.78, 5) is 14.3. The van der Waals surface area contributed by atoms with E-state index >= 15 is 0 Å². The van der Waals surface area contributed by atoms with Crippen LogP contribution in [-0.4, -0.2) is 35.6 Å². The van der Waals surface area contributed by atoms with Gasteiger partial charge in [0, 0.05) is 24.2 Å². The minimum Gasteiger partial charge on any atom is -0.384 e. The first-order valence-corrected chi connectivity index (χ1v) is 7.09. The zero-order valence-electron chi connectivity index (χ0n) is 11.7. The number of likely N-dealkylation sites (tertiary alicyclic amines) is 1. The molecule has 2 unspecified atom stereocenters. The maximum Gasteiger partial charge on any atom is 0.253 e. The second-order valence-electron chi connectivity index (χ2n) is 5.32. The van der Waals surface area contributed by atoms with Crippen molar-refractivity contribution in [2.45, 2.75) is 13.8 Å². The Labute approximate surface area is 124 Å². The van der Waals surface area contributed by atoms with Crippen molar-refractivity contribution in [3.63, 3.8) is 0 Å². The highest BCUT2D eigenvalue weighted by molar-refractivity contribution is 6.32. The van der Waals surface area contributed by atoms with Gasteiger partial charge in [-0.2, -0.15) is 0 Å². The number of aliphatic hydroxyl groups excluding tert-OH is 1. The number of amides is 1. The molecule has 20 heavy (non-hydrogen) atoms. The largest absolute Gasteiger partial charge is 0.384 e. The lowest BCUT2D eigenvalue weighted by Crippen LogP contribution is -2.28. The summed E-state index contributed by atoms with van der Waals surface area (Å²) < 4.78 is 0. The fourth-order valence-electron chi connectivity index (χ4n) is 2.36. The summed E-state index contributed by atoms with van der Waals surface area (Å²) in [6.07, 6.45) is 0. The summed E-state index contributed by atoms with van der Waals surface area (Å²) in [7, 11) is 0. The molecule has 0 aromatic heterocycles. The normalized spacial score (nSPS) is 21.5. The molecule has 106 valence electrons.